The molecule has 2 aliphatic heterocycles. The van der Waals surface area contributed by atoms with Crippen molar-refractivity contribution in [2.45, 2.75) is 70.1 Å². The first-order chi connectivity index (χ1) is 20.1. The molecule has 226 valence electrons. The summed E-state index contributed by atoms with van der Waals surface area (Å²) in [6.45, 7) is 9.03. The monoisotopic (exact) mass is 568 g/mol. The Morgan fingerprint density at radius 2 is 1.80 bits per heavy atom. The first-order valence-electron chi connectivity index (χ1n) is 15.4. The molecule has 0 radical (unpaired) electrons. The van der Waals surface area contributed by atoms with Crippen LogP contribution in [0.25, 0.3) is 0 Å². The smallest absolute Gasteiger partial charge is 0.142 e. The molecule has 1 saturated carbocycles. The van der Waals surface area contributed by atoms with Crippen molar-refractivity contribution in [3.63, 3.8) is 0 Å². The van der Waals surface area contributed by atoms with Gasteiger partial charge in [-0.1, -0.05) is 37.3 Å². The molecule has 41 heavy (non-hydrogen) atoms. The SMILES string of the molecule is CCC(O)CO[C@@H]1CNC[C@H](OCc2ccc3c(c2)N(CCCOC)CCO3)[C@H]1c1ccc(COCC2CC2)cc1. The third kappa shape index (κ3) is 8.66. The molecule has 0 bridgehead atoms. The Balaban J connectivity index is 1.27. The van der Waals surface area contributed by atoms with E-state index in [9.17, 15) is 5.11 Å². The van der Waals surface area contributed by atoms with Crippen LogP contribution < -0.4 is 15.0 Å². The lowest BCUT2D eigenvalue weighted by Gasteiger charge is -2.39. The van der Waals surface area contributed by atoms with Gasteiger partial charge in [-0.25, -0.2) is 0 Å². The maximum Gasteiger partial charge on any atom is 0.142 e. The van der Waals surface area contributed by atoms with Gasteiger partial charge in [-0.05, 0) is 60.4 Å². The molecule has 3 aliphatic rings. The minimum absolute atomic E-state index is 0.0493. The lowest BCUT2D eigenvalue weighted by Crippen LogP contribution is -2.51. The standard InChI is InChI=1S/C33H48N2O6/c1-3-28(36)23-41-32-19-34-18-31(33(32)27-10-7-25(8-11-27)21-38-20-24-5-6-24)40-22-26-9-12-30-29(17-26)35(14-16-39-30)13-4-15-37-2/h7-12,17,24,28,31-34,36H,3-6,13-16,18-23H2,1-2H3/t28?,31-,32+,33+/m0/s1. The number of anilines is 1. The van der Waals surface area contributed by atoms with E-state index in [1.165, 1.54) is 24.0 Å². The van der Waals surface area contributed by atoms with Crippen LogP contribution in [0.4, 0.5) is 5.69 Å². The fourth-order valence-corrected chi connectivity index (χ4v) is 5.68. The third-order valence-electron chi connectivity index (χ3n) is 8.37. The highest BCUT2D eigenvalue weighted by Gasteiger charge is 2.36. The van der Waals surface area contributed by atoms with E-state index < -0.39 is 6.10 Å². The van der Waals surface area contributed by atoms with Crippen molar-refractivity contribution >= 4 is 5.69 Å². The molecule has 2 heterocycles. The number of nitrogens with zero attached hydrogens (tertiary/aromatic N) is 1. The first kappa shape index (κ1) is 30.3. The maximum atomic E-state index is 10.2. The number of hydrogen-bond donors (Lipinski definition) is 2. The van der Waals surface area contributed by atoms with Crippen molar-refractivity contribution < 1.29 is 28.8 Å². The molecular weight excluding hydrogens is 520 g/mol. The van der Waals surface area contributed by atoms with E-state index in [1.807, 2.05) is 6.92 Å². The summed E-state index contributed by atoms with van der Waals surface area (Å²) in [7, 11) is 1.75. The average Bonchev–Trinajstić information content (AvgIpc) is 3.84. The van der Waals surface area contributed by atoms with Crippen LogP contribution >= 0.6 is 0 Å². The third-order valence-corrected chi connectivity index (χ3v) is 8.37. The molecule has 1 unspecified atom stereocenters. The molecule has 2 fully saturated rings. The summed E-state index contributed by atoms with van der Waals surface area (Å²) >= 11 is 0. The number of fused-ring (bicyclic) bond motifs is 1. The zero-order valence-electron chi connectivity index (χ0n) is 24.8. The van der Waals surface area contributed by atoms with E-state index in [4.69, 9.17) is 23.7 Å². The minimum Gasteiger partial charge on any atom is -0.490 e. The Morgan fingerprint density at radius 3 is 2.56 bits per heavy atom. The second-order valence-electron chi connectivity index (χ2n) is 11.7. The lowest BCUT2D eigenvalue weighted by molar-refractivity contribution is -0.0777. The minimum atomic E-state index is -0.465. The second kappa shape index (κ2) is 15.3. The predicted octanol–water partition coefficient (Wildman–Crippen LogP) is 4.28. The van der Waals surface area contributed by atoms with E-state index in [-0.39, 0.29) is 18.1 Å². The number of aliphatic hydroxyl groups excluding tert-OH is 1. The summed E-state index contributed by atoms with van der Waals surface area (Å²) in [6, 6.07) is 15.1. The van der Waals surface area contributed by atoms with Crippen molar-refractivity contribution in [3.8, 4) is 5.75 Å². The van der Waals surface area contributed by atoms with Crippen LogP contribution in [0.2, 0.25) is 0 Å². The highest BCUT2D eigenvalue weighted by molar-refractivity contribution is 5.61. The molecular formula is C33H48N2O6. The van der Waals surface area contributed by atoms with E-state index in [1.54, 1.807) is 7.11 Å². The summed E-state index contributed by atoms with van der Waals surface area (Å²) in [5.41, 5.74) is 4.63. The molecule has 2 N–H and O–H groups in total. The Kier molecular flexibility index (Phi) is 11.3. The van der Waals surface area contributed by atoms with E-state index >= 15 is 0 Å². The van der Waals surface area contributed by atoms with Crippen molar-refractivity contribution in [2.24, 2.45) is 5.92 Å². The quantitative estimate of drug-likeness (QED) is 0.291. The van der Waals surface area contributed by atoms with Gasteiger partial charge >= 0.3 is 0 Å². The zero-order valence-corrected chi connectivity index (χ0v) is 24.8. The maximum absolute atomic E-state index is 10.2. The van der Waals surface area contributed by atoms with Crippen molar-refractivity contribution in [2.75, 3.05) is 64.6 Å². The first-order valence-corrected chi connectivity index (χ1v) is 15.4. The van der Waals surface area contributed by atoms with Gasteiger partial charge in [-0.2, -0.15) is 0 Å². The second-order valence-corrected chi connectivity index (χ2v) is 11.7. The summed E-state index contributed by atoms with van der Waals surface area (Å²) in [6.07, 6.45) is 3.62. The van der Waals surface area contributed by atoms with Gasteiger partial charge in [-0.15, -0.1) is 0 Å². The highest BCUT2D eigenvalue weighted by Crippen LogP contribution is 2.35. The molecule has 4 atom stereocenters. The molecule has 5 rings (SSSR count). The van der Waals surface area contributed by atoms with Crippen LogP contribution in [0.1, 0.15) is 55.2 Å². The number of hydrogen-bond acceptors (Lipinski definition) is 8. The van der Waals surface area contributed by atoms with Crippen LogP contribution in [0.5, 0.6) is 5.75 Å². The van der Waals surface area contributed by atoms with Gasteiger partial charge in [-0.3, -0.25) is 0 Å². The van der Waals surface area contributed by atoms with Gasteiger partial charge in [0.2, 0.25) is 0 Å². The lowest BCUT2D eigenvalue weighted by atomic mass is 9.85. The number of methoxy groups -OCH3 is 1. The van der Waals surface area contributed by atoms with Gasteiger partial charge in [0.1, 0.15) is 12.4 Å². The molecule has 2 aromatic rings. The number of rotatable bonds is 16. The van der Waals surface area contributed by atoms with Crippen LogP contribution in [-0.2, 0) is 32.2 Å². The van der Waals surface area contributed by atoms with Crippen LogP contribution in [0.3, 0.4) is 0 Å². The molecule has 1 aliphatic carbocycles. The molecule has 0 spiro atoms. The fourth-order valence-electron chi connectivity index (χ4n) is 5.68. The number of piperidine rings is 1. The number of ether oxygens (including phenoxy) is 5. The molecule has 0 amide bonds. The van der Waals surface area contributed by atoms with Crippen molar-refractivity contribution in [3.05, 3.63) is 59.2 Å². The normalized spacial score (nSPS) is 23.2. The van der Waals surface area contributed by atoms with Crippen molar-refractivity contribution in [1.82, 2.24) is 5.32 Å². The van der Waals surface area contributed by atoms with E-state index in [2.05, 4.69) is 52.7 Å². The van der Waals surface area contributed by atoms with Gasteiger partial charge in [0, 0.05) is 45.9 Å². The Bertz CT molecular complexity index is 1060. The van der Waals surface area contributed by atoms with Crippen molar-refractivity contribution in [1.29, 1.82) is 0 Å². The Morgan fingerprint density at radius 1 is 1.02 bits per heavy atom. The van der Waals surface area contributed by atoms with Crippen LogP contribution in [0.15, 0.2) is 42.5 Å². The topological polar surface area (TPSA) is 81.7 Å². The molecule has 1 saturated heterocycles. The van der Waals surface area contributed by atoms with Crippen LogP contribution in [0, 0.1) is 5.92 Å². The summed E-state index contributed by atoms with van der Waals surface area (Å²) in [5, 5.41) is 13.7. The highest BCUT2D eigenvalue weighted by atomic mass is 16.5. The molecule has 8 nitrogen and oxygen atoms in total. The van der Waals surface area contributed by atoms with E-state index in [0.717, 1.165) is 68.7 Å². The molecule has 8 heteroatoms. The van der Waals surface area contributed by atoms with Gasteiger partial charge < -0.3 is 39.0 Å². The Hall–Kier alpha value is -2.20. The van der Waals surface area contributed by atoms with Gasteiger partial charge in [0.15, 0.2) is 0 Å². The summed E-state index contributed by atoms with van der Waals surface area (Å²) in [4.78, 5) is 2.38. The number of benzene rings is 2. The largest absolute Gasteiger partial charge is 0.490 e. The fraction of sp³-hybridized carbons (Fsp3) is 0.636. The summed E-state index contributed by atoms with van der Waals surface area (Å²) in [5.74, 6) is 1.74. The van der Waals surface area contributed by atoms with E-state index in [0.29, 0.717) is 32.8 Å². The zero-order chi connectivity index (χ0) is 28.4. The number of nitrogens with one attached hydrogen (secondary N) is 1. The Labute approximate surface area is 245 Å². The summed E-state index contributed by atoms with van der Waals surface area (Å²) < 4.78 is 30.0. The van der Waals surface area contributed by atoms with Gasteiger partial charge in [0.05, 0.1) is 50.4 Å². The predicted molar refractivity (Wildman–Crippen MR) is 160 cm³/mol. The molecule has 2 aromatic carbocycles. The number of aliphatic hydroxyl groups is 1. The average molecular weight is 569 g/mol. The van der Waals surface area contributed by atoms with Gasteiger partial charge in [0.25, 0.3) is 0 Å². The van der Waals surface area contributed by atoms with Crippen LogP contribution in [-0.4, -0.2) is 83.1 Å². The molecule has 0 aromatic heterocycles.